The first-order valence-corrected chi connectivity index (χ1v) is 10.9. The first kappa shape index (κ1) is 23.4. The number of nitrogens with two attached hydrogens (primary N) is 1. The number of sulfonamides is 1. The van der Waals surface area contributed by atoms with Crippen molar-refractivity contribution in [3.05, 3.63) is 77.9 Å². The molecule has 0 bridgehead atoms. The van der Waals surface area contributed by atoms with E-state index in [1.807, 2.05) is 0 Å². The van der Waals surface area contributed by atoms with Gasteiger partial charge in [-0.1, -0.05) is 12.1 Å². The Morgan fingerprint density at radius 3 is 2.16 bits per heavy atom. The van der Waals surface area contributed by atoms with E-state index in [1.165, 1.54) is 41.7 Å². The maximum atomic E-state index is 12.9. The van der Waals surface area contributed by atoms with Crippen LogP contribution >= 0.6 is 0 Å². The van der Waals surface area contributed by atoms with Crippen molar-refractivity contribution in [1.29, 1.82) is 0 Å². The molecular formula is C22H22F3N3O3S. The van der Waals surface area contributed by atoms with Crippen LogP contribution in [0.25, 0.3) is 0 Å². The van der Waals surface area contributed by atoms with E-state index in [-0.39, 0.29) is 17.1 Å². The average Bonchev–Trinajstić information content (AvgIpc) is 2.75. The summed E-state index contributed by atoms with van der Waals surface area (Å²) in [7, 11) is -0.808. The molecule has 3 N–H and O–H groups in total. The zero-order chi connectivity index (χ0) is 23.5. The van der Waals surface area contributed by atoms with Crippen LogP contribution in [0, 0.1) is 0 Å². The van der Waals surface area contributed by atoms with Gasteiger partial charge in [-0.15, -0.1) is 0 Å². The summed E-state index contributed by atoms with van der Waals surface area (Å²) >= 11 is 0. The van der Waals surface area contributed by atoms with Crippen LogP contribution in [0.4, 0.5) is 30.2 Å². The fraction of sp³-hybridized carbons (Fsp3) is 0.182. The Morgan fingerprint density at radius 1 is 1.00 bits per heavy atom. The van der Waals surface area contributed by atoms with Crippen molar-refractivity contribution in [2.75, 3.05) is 25.2 Å². The Bertz CT molecular complexity index is 1180. The predicted molar refractivity (Wildman–Crippen MR) is 117 cm³/mol. The topological polar surface area (TPSA) is 84.7 Å². The molecule has 0 amide bonds. The third-order valence-corrected chi connectivity index (χ3v) is 6.59. The zero-order valence-electron chi connectivity index (χ0n) is 17.3. The lowest BCUT2D eigenvalue weighted by Crippen LogP contribution is -2.26. The summed E-state index contributed by atoms with van der Waals surface area (Å²) in [6.07, 6.45) is -4.43. The van der Waals surface area contributed by atoms with Crippen molar-refractivity contribution in [2.24, 2.45) is 0 Å². The summed E-state index contributed by atoms with van der Waals surface area (Å²) in [6.45, 7) is 0.151. The smallest absolute Gasteiger partial charge is 0.416 e. The Balaban J connectivity index is 1.75. The minimum atomic E-state index is -4.43. The van der Waals surface area contributed by atoms with Gasteiger partial charge in [0.15, 0.2) is 0 Å². The van der Waals surface area contributed by atoms with Gasteiger partial charge >= 0.3 is 6.18 Å². The highest BCUT2D eigenvalue weighted by atomic mass is 32.2. The van der Waals surface area contributed by atoms with Gasteiger partial charge in [-0.25, -0.2) is 8.42 Å². The number of hydrogen-bond acceptors (Lipinski definition) is 5. The van der Waals surface area contributed by atoms with Crippen molar-refractivity contribution >= 4 is 27.1 Å². The van der Waals surface area contributed by atoms with Gasteiger partial charge in [0, 0.05) is 19.3 Å². The van der Waals surface area contributed by atoms with Gasteiger partial charge in [0.05, 0.1) is 28.9 Å². The van der Waals surface area contributed by atoms with Crippen LogP contribution in [-0.4, -0.2) is 26.9 Å². The highest BCUT2D eigenvalue weighted by Gasteiger charge is 2.30. The number of alkyl halides is 3. The predicted octanol–water partition coefficient (Wildman–Crippen LogP) is 4.86. The SMILES string of the molecule is COc1ccc(CN(C)S(=O)(=O)c2ccc(Nc3ccc(C(F)(F)F)cc3)c(N)c2)cc1. The lowest BCUT2D eigenvalue weighted by Gasteiger charge is -2.19. The van der Waals surface area contributed by atoms with Crippen molar-refractivity contribution in [2.45, 2.75) is 17.6 Å². The second-order valence-electron chi connectivity index (χ2n) is 7.06. The largest absolute Gasteiger partial charge is 0.497 e. The molecule has 6 nitrogen and oxygen atoms in total. The minimum absolute atomic E-state index is 0.00369. The maximum absolute atomic E-state index is 12.9. The van der Waals surface area contributed by atoms with Gasteiger partial charge < -0.3 is 15.8 Å². The number of benzene rings is 3. The summed E-state index contributed by atoms with van der Waals surface area (Å²) in [4.78, 5) is 0.00369. The molecule has 0 atom stereocenters. The first-order valence-electron chi connectivity index (χ1n) is 9.44. The lowest BCUT2D eigenvalue weighted by atomic mass is 10.2. The van der Waals surface area contributed by atoms with E-state index in [9.17, 15) is 21.6 Å². The average molecular weight is 465 g/mol. The van der Waals surface area contributed by atoms with Crippen LogP contribution in [0.2, 0.25) is 0 Å². The van der Waals surface area contributed by atoms with Crippen LogP contribution < -0.4 is 15.8 Å². The van der Waals surface area contributed by atoms with E-state index in [4.69, 9.17) is 10.5 Å². The quantitative estimate of drug-likeness (QED) is 0.487. The second kappa shape index (κ2) is 9.09. The number of hydrogen-bond donors (Lipinski definition) is 2. The van der Waals surface area contributed by atoms with Gasteiger partial charge in [-0.05, 0) is 60.2 Å². The third-order valence-electron chi connectivity index (χ3n) is 4.79. The fourth-order valence-electron chi connectivity index (χ4n) is 2.97. The van der Waals surface area contributed by atoms with Crippen LogP contribution in [0.3, 0.4) is 0 Å². The number of nitrogens with one attached hydrogen (secondary N) is 1. The number of halogens is 3. The molecule has 3 rings (SSSR count). The number of nitrogen functional groups attached to an aromatic ring is 1. The second-order valence-corrected chi connectivity index (χ2v) is 9.10. The van der Waals surface area contributed by atoms with Crippen molar-refractivity contribution < 1.29 is 26.3 Å². The molecule has 3 aromatic rings. The molecule has 0 spiro atoms. The van der Waals surface area contributed by atoms with Crippen LogP contribution in [0.15, 0.2) is 71.6 Å². The molecule has 170 valence electrons. The van der Waals surface area contributed by atoms with E-state index in [0.29, 0.717) is 17.1 Å². The van der Waals surface area contributed by atoms with Crippen molar-refractivity contribution in [1.82, 2.24) is 4.31 Å². The normalized spacial score (nSPS) is 12.1. The summed E-state index contributed by atoms with van der Waals surface area (Å²) in [5.74, 6) is 0.670. The Morgan fingerprint density at radius 2 is 1.62 bits per heavy atom. The molecule has 0 aromatic heterocycles. The lowest BCUT2D eigenvalue weighted by molar-refractivity contribution is -0.137. The third kappa shape index (κ3) is 5.32. The van der Waals surface area contributed by atoms with E-state index >= 15 is 0 Å². The van der Waals surface area contributed by atoms with Gasteiger partial charge in [-0.2, -0.15) is 17.5 Å². The van der Waals surface area contributed by atoms with E-state index in [0.717, 1.165) is 17.7 Å². The van der Waals surface area contributed by atoms with E-state index < -0.39 is 21.8 Å². The van der Waals surface area contributed by atoms with Gasteiger partial charge in [-0.3, -0.25) is 0 Å². The highest BCUT2D eigenvalue weighted by molar-refractivity contribution is 7.89. The number of anilines is 3. The molecule has 0 saturated carbocycles. The Hall–Kier alpha value is -3.24. The molecule has 0 saturated heterocycles. The van der Waals surface area contributed by atoms with Crippen LogP contribution in [-0.2, 0) is 22.7 Å². The highest BCUT2D eigenvalue weighted by Crippen LogP contribution is 2.32. The molecule has 32 heavy (non-hydrogen) atoms. The molecular weight excluding hydrogens is 443 g/mol. The zero-order valence-corrected chi connectivity index (χ0v) is 18.2. The fourth-order valence-corrected chi connectivity index (χ4v) is 4.16. The molecule has 0 radical (unpaired) electrons. The van der Waals surface area contributed by atoms with E-state index in [1.54, 1.807) is 31.4 Å². The monoisotopic (exact) mass is 465 g/mol. The summed E-state index contributed by atoms with van der Waals surface area (Å²) in [6, 6.07) is 15.7. The molecule has 0 heterocycles. The Kier molecular flexibility index (Phi) is 6.65. The molecule has 0 fully saturated rings. The van der Waals surface area contributed by atoms with E-state index in [2.05, 4.69) is 5.32 Å². The number of nitrogens with zero attached hydrogens (tertiary/aromatic N) is 1. The molecule has 0 aliphatic heterocycles. The first-order chi connectivity index (χ1) is 15.0. The van der Waals surface area contributed by atoms with Crippen LogP contribution in [0.1, 0.15) is 11.1 Å². The number of ether oxygens (including phenoxy) is 1. The van der Waals surface area contributed by atoms with Crippen molar-refractivity contribution in [3.63, 3.8) is 0 Å². The molecule has 3 aromatic carbocycles. The molecule has 0 unspecified atom stereocenters. The molecule has 0 aliphatic rings. The summed E-state index contributed by atoms with van der Waals surface area (Å²) < 4.78 is 70.3. The molecule has 10 heteroatoms. The van der Waals surface area contributed by atoms with Gasteiger partial charge in [0.25, 0.3) is 0 Å². The number of rotatable bonds is 7. The van der Waals surface area contributed by atoms with Crippen LogP contribution in [0.5, 0.6) is 5.75 Å². The number of methoxy groups -OCH3 is 1. The summed E-state index contributed by atoms with van der Waals surface area (Å²) in [5, 5.41) is 2.90. The Labute approximate surface area is 184 Å². The standard InChI is InChI=1S/C22H22F3N3O3S/c1-28(14-15-3-9-18(31-2)10-4-15)32(29,30)19-11-12-21(20(26)13-19)27-17-7-5-16(6-8-17)22(23,24)25/h3-13,27H,14,26H2,1-2H3. The molecule has 0 aliphatic carbocycles. The maximum Gasteiger partial charge on any atom is 0.416 e. The summed E-state index contributed by atoms with van der Waals surface area (Å²) in [5.41, 5.74) is 6.93. The van der Waals surface area contributed by atoms with Crippen molar-refractivity contribution in [3.8, 4) is 5.75 Å². The van der Waals surface area contributed by atoms with Gasteiger partial charge in [0.2, 0.25) is 10.0 Å². The van der Waals surface area contributed by atoms with Gasteiger partial charge in [0.1, 0.15) is 5.75 Å². The minimum Gasteiger partial charge on any atom is -0.497 e.